The first-order chi connectivity index (χ1) is 7.66. The first-order valence-electron chi connectivity index (χ1n) is 4.90. The van der Waals surface area contributed by atoms with Crippen molar-refractivity contribution in [1.82, 2.24) is 19.8 Å². The van der Waals surface area contributed by atoms with Gasteiger partial charge in [0.15, 0.2) is 0 Å². The summed E-state index contributed by atoms with van der Waals surface area (Å²) in [5.41, 5.74) is 0.968. The van der Waals surface area contributed by atoms with Gasteiger partial charge < -0.3 is 19.9 Å². The third-order valence-electron chi connectivity index (χ3n) is 2.51. The number of rotatable bonds is 2. The third-order valence-corrected chi connectivity index (χ3v) is 2.51. The fraction of sp³-hybridized carbons (Fsp3) is 0.444. The van der Waals surface area contributed by atoms with Crippen molar-refractivity contribution in [3.63, 3.8) is 0 Å². The predicted molar refractivity (Wildman–Crippen MR) is 53.7 cm³/mol. The molecule has 0 bridgehead atoms. The quantitative estimate of drug-likeness (QED) is 0.708. The highest BCUT2D eigenvalue weighted by Gasteiger charge is 2.20. The molecule has 2 N–H and O–H groups in total. The van der Waals surface area contributed by atoms with Crippen LogP contribution in [0.4, 0.5) is 4.79 Å². The highest BCUT2D eigenvalue weighted by molar-refractivity contribution is 5.81. The van der Waals surface area contributed by atoms with Crippen LogP contribution in [0.15, 0.2) is 12.5 Å². The molecule has 0 aliphatic carbocycles. The molecule has 0 saturated heterocycles. The minimum Gasteiger partial charge on any atom is -0.465 e. The van der Waals surface area contributed by atoms with Gasteiger partial charge in [0.05, 0.1) is 18.6 Å². The van der Waals surface area contributed by atoms with Crippen LogP contribution in [0.25, 0.3) is 0 Å². The summed E-state index contributed by atoms with van der Waals surface area (Å²) in [4.78, 5) is 27.5. The number of carbonyl (C=O) groups excluding carboxylic acids is 1. The van der Waals surface area contributed by atoms with E-state index in [-0.39, 0.29) is 12.5 Å². The number of imidazole rings is 1. The van der Waals surface area contributed by atoms with E-state index in [0.29, 0.717) is 19.6 Å². The molecule has 0 spiro atoms. The average Bonchev–Trinajstić information content (AvgIpc) is 2.72. The molecule has 0 saturated carbocycles. The van der Waals surface area contributed by atoms with Crippen molar-refractivity contribution in [2.24, 2.45) is 0 Å². The molecule has 0 radical (unpaired) electrons. The van der Waals surface area contributed by atoms with Gasteiger partial charge in [-0.15, -0.1) is 0 Å². The van der Waals surface area contributed by atoms with Crippen LogP contribution in [0.2, 0.25) is 0 Å². The second kappa shape index (κ2) is 4.21. The molecule has 2 heterocycles. The van der Waals surface area contributed by atoms with E-state index in [0.717, 1.165) is 5.69 Å². The fourth-order valence-electron chi connectivity index (χ4n) is 1.66. The number of nitrogens with one attached hydrogen (secondary N) is 1. The Balaban J connectivity index is 1.93. The molecule has 2 rings (SSSR count). The Labute approximate surface area is 91.7 Å². The number of nitrogens with zero attached hydrogens (tertiary/aromatic N) is 3. The second-order valence-corrected chi connectivity index (χ2v) is 3.55. The van der Waals surface area contributed by atoms with E-state index in [9.17, 15) is 9.59 Å². The first-order valence-corrected chi connectivity index (χ1v) is 4.90. The van der Waals surface area contributed by atoms with Gasteiger partial charge in [0.25, 0.3) is 0 Å². The summed E-state index contributed by atoms with van der Waals surface area (Å²) in [7, 11) is 0. The minimum atomic E-state index is -1.18. The summed E-state index contributed by atoms with van der Waals surface area (Å²) >= 11 is 0. The van der Waals surface area contributed by atoms with Crippen molar-refractivity contribution in [2.75, 3.05) is 13.1 Å². The van der Waals surface area contributed by atoms with Gasteiger partial charge in [-0.2, -0.15) is 0 Å². The Bertz CT molecular complexity index is 415. The zero-order chi connectivity index (χ0) is 11.5. The summed E-state index contributed by atoms with van der Waals surface area (Å²) in [5.74, 6) is -0.213. The molecule has 2 amide bonds. The number of carboxylic acid groups (broad SMARTS) is 1. The van der Waals surface area contributed by atoms with Crippen LogP contribution in [0.5, 0.6) is 0 Å². The topological polar surface area (TPSA) is 87.5 Å². The van der Waals surface area contributed by atoms with E-state index in [1.165, 1.54) is 0 Å². The predicted octanol–water partition coefficient (Wildman–Crippen LogP) is -0.507. The van der Waals surface area contributed by atoms with Crippen molar-refractivity contribution in [3.05, 3.63) is 18.2 Å². The van der Waals surface area contributed by atoms with Crippen LogP contribution < -0.4 is 5.32 Å². The summed E-state index contributed by atoms with van der Waals surface area (Å²) in [6.07, 6.45) is 2.26. The Kier molecular flexibility index (Phi) is 2.76. The Morgan fingerprint density at radius 1 is 1.50 bits per heavy atom. The number of hydrogen-bond acceptors (Lipinski definition) is 3. The molecule has 1 aliphatic heterocycles. The van der Waals surface area contributed by atoms with Gasteiger partial charge in [-0.25, -0.2) is 9.78 Å². The van der Waals surface area contributed by atoms with Crippen LogP contribution in [0.1, 0.15) is 5.69 Å². The number of carbonyl (C=O) groups is 2. The molecule has 86 valence electrons. The van der Waals surface area contributed by atoms with Crippen LogP contribution in [-0.2, 0) is 17.9 Å². The lowest BCUT2D eigenvalue weighted by molar-refractivity contribution is -0.131. The van der Waals surface area contributed by atoms with Gasteiger partial charge >= 0.3 is 6.09 Å². The van der Waals surface area contributed by atoms with Crippen LogP contribution in [-0.4, -0.2) is 44.6 Å². The Hall–Kier alpha value is -2.05. The van der Waals surface area contributed by atoms with E-state index >= 15 is 0 Å². The SMILES string of the molecule is O=C(O)NCC(=O)N1CCn2cncc2C1. The molecule has 1 aromatic rings. The lowest BCUT2D eigenvalue weighted by atomic mass is 10.3. The molecule has 0 fully saturated rings. The molecule has 7 heteroatoms. The lowest BCUT2D eigenvalue weighted by Gasteiger charge is -2.28. The summed E-state index contributed by atoms with van der Waals surface area (Å²) < 4.78 is 1.98. The molecule has 16 heavy (non-hydrogen) atoms. The Morgan fingerprint density at radius 2 is 2.31 bits per heavy atom. The van der Waals surface area contributed by atoms with Gasteiger partial charge in [0, 0.05) is 19.3 Å². The average molecular weight is 224 g/mol. The highest BCUT2D eigenvalue weighted by atomic mass is 16.4. The van der Waals surface area contributed by atoms with E-state index in [2.05, 4.69) is 10.3 Å². The van der Waals surface area contributed by atoms with Crippen LogP contribution >= 0.6 is 0 Å². The van der Waals surface area contributed by atoms with Crippen molar-refractivity contribution >= 4 is 12.0 Å². The fourth-order valence-corrected chi connectivity index (χ4v) is 1.66. The van der Waals surface area contributed by atoms with E-state index < -0.39 is 6.09 Å². The molecule has 0 unspecified atom stereocenters. The van der Waals surface area contributed by atoms with Gasteiger partial charge in [-0.3, -0.25) is 4.79 Å². The van der Waals surface area contributed by atoms with Crippen molar-refractivity contribution in [1.29, 1.82) is 0 Å². The molecule has 0 atom stereocenters. The van der Waals surface area contributed by atoms with Crippen molar-refractivity contribution in [2.45, 2.75) is 13.1 Å². The van der Waals surface area contributed by atoms with E-state index in [1.807, 2.05) is 4.57 Å². The standard InChI is InChI=1S/C9H12N4O3/c14-8(4-11-9(15)16)12-1-2-13-6-10-3-7(13)5-12/h3,6,11H,1-2,4-5H2,(H,15,16). The van der Waals surface area contributed by atoms with Gasteiger partial charge in [-0.1, -0.05) is 0 Å². The number of fused-ring (bicyclic) bond motifs is 1. The summed E-state index contributed by atoms with van der Waals surface area (Å²) in [6, 6.07) is 0. The molecular formula is C9H12N4O3. The van der Waals surface area contributed by atoms with Gasteiger partial charge in [0.1, 0.15) is 6.54 Å². The maximum Gasteiger partial charge on any atom is 0.405 e. The lowest BCUT2D eigenvalue weighted by Crippen LogP contribution is -2.43. The molecule has 1 aromatic heterocycles. The van der Waals surface area contributed by atoms with E-state index in [1.54, 1.807) is 17.4 Å². The zero-order valence-corrected chi connectivity index (χ0v) is 8.59. The van der Waals surface area contributed by atoms with Crippen molar-refractivity contribution < 1.29 is 14.7 Å². The normalized spacial score (nSPS) is 14.4. The number of amides is 2. The second-order valence-electron chi connectivity index (χ2n) is 3.55. The minimum absolute atomic E-state index is 0.177. The van der Waals surface area contributed by atoms with Crippen molar-refractivity contribution in [3.8, 4) is 0 Å². The smallest absolute Gasteiger partial charge is 0.405 e. The molecule has 0 aromatic carbocycles. The van der Waals surface area contributed by atoms with E-state index in [4.69, 9.17) is 5.11 Å². The largest absolute Gasteiger partial charge is 0.465 e. The monoisotopic (exact) mass is 224 g/mol. The van der Waals surface area contributed by atoms with Gasteiger partial charge in [-0.05, 0) is 0 Å². The zero-order valence-electron chi connectivity index (χ0n) is 8.59. The highest BCUT2D eigenvalue weighted by Crippen LogP contribution is 2.10. The maximum absolute atomic E-state index is 11.6. The van der Waals surface area contributed by atoms with Crippen LogP contribution in [0, 0.1) is 0 Å². The molecule has 1 aliphatic rings. The first kappa shape index (κ1) is 10.5. The molecule has 7 nitrogen and oxygen atoms in total. The Morgan fingerprint density at radius 3 is 3.06 bits per heavy atom. The third kappa shape index (κ3) is 2.13. The number of hydrogen-bond donors (Lipinski definition) is 2. The van der Waals surface area contributed by atoms with Crippen LogP contribution in [0.3, 0.4) is 0 Å². The van der Waals surface area contributed by atoms with Gasteiger partial charge in [0.2, 0.25) is 5.91 Å². The summed E-state index contributed by atoms with van der Waals surface area (Å²) in [5, 5.41) is 10.5. The number of aromatic nitrogens is 2. The maximum atomic E-state index is 11.6. The molecular weight excluding hydrogens is 212 g/mol. The summed E-state index contributed by atoms with van der Waals surface area (Å²) in [6.45, 7) is 1.60.